The molecule has 0 aliphatic rings. The summed E-state index contributed by atoms with van der Waals surface area (Å²) in [6.45, 7) is 1.46. The van der Waals surface area contributed by atoms with Crippen LogP contribution in [-0.4, -0.2) is 9.55 Å². The molecule has 0 unspecified atom stereocenters. The van der Waals surface area contributed by atoms with Gasteiger partial charge in [-0.05, 0) is 25.1 Å². The molecule has 7 heteroatoms. The molecule has 0 atom stereocenters. The first-order valence-electron chi connectivity index (χ1n) is 4.88. The number of nitrogens with zero attached hydrogens (tertiary/aromatic N) is 1. The zero-order chi connectivity index (χ0) is 13.4. The van der Waals surface area contributed by atoms with Gasteiger partial charge >= 0.3 is 5.69 Å². The Bertz CT molecular complexity index is 717. The number of hydrogen-bond donors (Lipinski definition) is 1. The predicted octanol–water partition coefficient (Wildman–Crippen LogP) is 2.28. The Morgan fingerprint density at radius 2 is 1.89 bits per heavy atom. The Morgan fingerprint density at radius 3 is 2.50 bits per heavy atom. The second-order valence-corrected chi connectivity index (χ2v) is 4.45. The second-order valence-electron chi connectivity index (χ2n) is 3.64. The van der Waals surface area contributed by atoms with Gasteiger partial charge in [-0.1, -0.05) is 23.2 Å². The molecule has 1 aromatic heterocycles. The van der Waals surface area contributed by atoms with Crippen LogP contribution in [0.2, 0.25) is 10.2 Å². The molecule has 0 saturated heterocycles. The molecule has 94 valence electrons. The van der Waals surface area contributed by atoms with Gasteiger partial charge in [-0.2, -0.15) is 0 Å². The maximum atomic E-state index is 13.2. The summed E-state index contributed by atoms with van der Waals surface area (Å²) >= 11 is 11.4. The van der Waals surface area contributed by atoms with Crippen LogP contribution in [0.3, 0.4) is 0 Å². The van der Waals surface area contributed by atoms with Crippen molar-refractivity contribution in [1.29, 1.82) is 0 Å². The van der Waals surface area contributed by atoms with E-state index in [1.807, 2.05) is 0 Å². The van der Waals surface area contributed by atoms with Crippen LogP contribution in [0.4, 0.5) is 4.39 Å². The molecule has 0 aliphatic carbocycles. The number of aromatic nitrogens is 2. The van der Waals surface area contributed by atoms with Gasteiger partial charge in [-0.25, -0.2) is 13.8 Å². The summed E-state index contributed by atoms with van der Waals surface area (Å²) in [6.07, 6.45) is 0. The maximum Gasteiger partial charge on any atom is 0.334 e. The van der Waals surface area contributed by atoms with Crippen LogP contribution in [0.1, 0.15) is 5.56 Å². The van der Waals surface area contributed by atoms with Crippen molar-refractivity contribution in [2.24, 2.45) is 0 Å². The topological polar surface area (TPSA) is 54.9 Å². The highest BCUT2D eigenvalue weighted by atomic mass is 35.5. The molecule has 0 amide bonds. The number of benzene rings is 1. The molecule has 1 N–H and O–H groups in total. The van der Waals surface area contributed by atoms with E-state index in [1.54, 1.807) is 0 Å². The number of rotatable bonds is 1. The van der Waals surface area contributed by atoms with Crippen molar-refractivity contribution in [2.75, 3.05) is 0 Å². The molecular weight excluding hydrogens is 282 g/mol. The second kappa shape index (κ2) is 4.59. The average Bonchev–Trinajstić information content (AvgIpc) is 2.24. The third-order valence-electron chi connectivity index (χ3n) is 2.38. The number of aromatic amines is 1. The van der Waals surface area contributed by atoms with Gasteiger partial charge in [-0.3, -0.25) is 9.78 Å². The van der Waals surface area contributed by atoms with E-state index in [-0.39, 0.29) is 21.4 Å². The van der Waals surface area contributed by atoms with Crippen LogP contribution in [0.15, 0.2) is 27.8 Å². The van der Waals surface area contributed by atoms with Crippen LogP contribution in [0.5, 0.6) is 0 Å². The minimum Gasteiger partial charge on any atom is -0.297 e. The molecule has 4 nitrogen and oxygen atoms in total. The molecule has 18 heavy (non-hydrogen) atoms. The van der Waals surface area contributed by atoms with Crippen molar-refractivity contribution in [3.63, 3.8) is 0 Å². The van der Waals surface area contributed by atoms with Gasteiger partial charge < -0.3 is 0 Å². The van der Waals surface area contributed by atoms with Crippen LogP contribution >= 0.6 is 23.2 Å². The van der Waals surface area contributed by atoms with Gasteiger partial charge in [-0.15, -0.1) is 0 Å². The van der Waals surface area contributed by atoms with Gasteiger partial charge in [0.05, 0.1) is 11.3 Å². The number of halogens is 3. The zero-order valence-electron chi connectivity index (χ0n) is 9.13. The van der Waals surface area contributed by atoms with Gasteiger partial charge in [0.1, 0.15) is 11.0 Å². The summed E-state index contributed by atoms with van der Waals surface area (Å²) in [6, 6.07) is 3.43. The fraction of sp³-hybridized carbons (Fsp3) is 0.0909. The summed E-state index contributed by atoms with van der Waals surface area (Å²) in [7, 11) is 0. The standard InChI is InChI=1S/C11H7Cl2FN2O2/c1-5-9(13)15-11(18)16(10(5)17)8-3-6(12)2-7(14)4-8/h2-4H,1H3,(H,15,18). The fourth-order valence-corrected chi connectivity index (χ4v) is 1.88. The van der Waals surface area contributed by atoms with Crippen LogP contribution in [0, 0.1) is 12.7 Å². The molecule has 0 fully saturated rings. The lowest BCUT2D eigenvalue weighted by atomic mass is 10.3. The molecule has 2 rings (SSSR count). The van der Waals surface area contributed by atoms with E-state index in [4.69, 9.17) is 23.2 Å². The molecule has 2 aromatic rings. The molecule has 1 aromatic carbocycles. The lowest BCUT2D eigenvalue weighted by Gasteiger charge is -2.07. The highest BCUT2D eigenvalue weighted by molar-refractivity contribution is 6.30. The number of H-pyrrole nitrogens is 1. The normalized spacial score (nSPS) is 10.7. The van der Waals surface area contributed by atoms with E-state index in [1.165, 1.54) is 13.0 Å². The first-order valence-corrected chi connectivity index (χ1v) is 5.63. The van der Waals surface area contributed by atoms with Gasteiger partial charge in [0, 0.05) is 5.02 Å². The summed E-state index contributed by atoms with van der Waals surface area (Å²) < 4.78 is 14.0. The Hall–Kier alpha value is -1.59. The van der Waals surface area contributed by atoms with Crippen molar-refractivity contribution >= 4 is 23.2 Å². The van der Waals surface area contributed by atoms with Gasteiger partial charge in [0.25, 0.3) is 5.56 Å². The quantitative estimate of drug-likeness (QED) is 0.819. The number of hydrogen-bond acceptors (Lipinski definition) is 2. The van der Waals surface area contributed by atoms with Gasteiger partial charge in [0.15, 0.2) is 0 Å². The lowest BCUT2D eigenvalue weighted by Crippen LogP contribution is -2.35. The summed E-state index contributed by atoms with van der Waals surface area (Å²) in [5, 5.41) is 0.0488. The lowest BCUT2D eigenvalue weighted by molar-refractivity contribution is 0.625. The maximum absolute atomic E-state index is 13.2. The van der Waals surface area contributed by atoms with E-state index >= 15 is 0 Å². The molecule has 0 saturated carbocycles. The smallest absolute Gasteiger partial charge is 0.297 e. The highest BCUT2D eigenvalue weighted by Gasteiger charge is 2.11. The molecule has 1 heterocycles. The first-order chi connectivity index (χ1) is 8.40. The predicted molar refractivity (Wildman–Crippen MR) is 67.4 cm³/mol. The molecular formula is C11H7Cl2FN2O2. The van der Waals surface area contributed by atoms with Crippen LogP contribution < -0.4 is 11.2 Å². The summed E-state index contributed by atoms with van der Waals surface area (Å²) in [5.74, 6) is -0.642. The highest BCUT2D eigenvalue weighted by Crippen LogP contribution is 2.16. The monoisotopic (exact) mass is 288 g/mol. The first kappa shape index (κ1) is 12.9. The third-order valence-corrected chi connectivity index (χ3v) is 2.97. The van der Waals surface area contributed by atoms with Gasteiger partial charge in [0.2, 0.25) is 0 Å². The summed E-state index contributed by atoms with van der Waals surface area (Å²) in [4.78, 5) is 25.9. The molecule has 0 radical (unpaired) electrons. The van der Waals surface area contributed by atoms with Crippen LogP contribution in [-0.2, 0) is 0 Å². The minimum atomic E-state index is -0.753. The van der Waals surface area contributed by atoms with E-state index in [0.29, 0.717) is 0 Å². The molecule has 0 aliphatic heterocycles. The van der Waals surface area contributed by atoms with E-state index in [0.717, 1.165) is 16.7 Å². The largest absolute Gasteiger partial charge is 0.334 e. The SMILES string of the molecule is Cc1c(Cl)[nH]c(=O)n(-c2cc(F)cc(Cl)c2)c1=O. The Balaban J connectivity index is 2.84. The number of nitrogens with one attached hydrogen (secondary N) is 1. The van der Waals surface area contributed by atoms with Crippen molar-refractivity contribution in [3.8, 4) is 5.69 Å². The third kappa shape index (κ3) is 2.19. The average molecular weight is 289 g/mol. The molecule has 0 bridgehead atoms. The fourth-order valence-electron chi connectivity index (χ4n) is 1.50. The zero-order valence-corrected chi connectivity index (χ0v) is 10.6. The Labute approximate surface area is 111 Å². The Morgan fingerprint density at radius 1 is 1.22 bits per heavy atom. The van der Waals surface area contributed by atoms with E-state index in [9.17, 15) is 14.0 Å². The van der Waals surface area contributed by atoms with E-state index in [2.05, 4.69) is 4.98 Å². The van der Waals surface area contributed by atoms with Crippen molar-refractivity contribution in [1.82, 2.24) is 9.55 Å². The summed E-state index contributed by atoms with van der Waals surface area (Å²) in [5.41, 5.74) is -1.16. The van der Waals surface area contributed by atoms with E-state index < -0.39 is 17.1 Å². The van der Waals surface area contributed by atoms with Crippen molar-refractivity contribution in [2.45, 2.75) is 6.92 Å². The minimum absolute atomic E-state index is 0.0382. The van der Waals surface area contributed by atoms with Crippen molar-refractivity contribution < 1.29 is 4.39 Å². The Kier molecular flexibility index (Phi) is 3.28. The molecule has 0 spiro atoms. The van der Waals surface area contributed by atoms with Crippen molar-refractivity contribution in [3.05, 3.63) is 60.6 Å². The van der Waals surface area contributed by atoms with Crippen LogP contribution in [0.25, 0.3) is 5.69 Å².